The van der Waals surface area contributed by atoms with Crippen LogP contribution in [0.2, 0.25) is 0 Å². The van der Waals surface area contributed by atoms with Gasteiger partial charge in [0.15, 0.2) is 5.75 Å². The Hall–Kier alpha value is -3.59. The number of phenols is 1. The Morgan fingerprint density at radius 1 is 0.938 bits per heavy atom. The van der Waals surface area contributed by atoms with E-state index in [1.54, 1.807) is 0 Å². The van der Waals surface area contributed by atoms with E-state index in [0.29, 0.717) is 0 Å². The molecule has 0 atom stereocenters. The summed E-state index contributed by atoms with van der Waals surface area (Å²) < 4.78 is 66.2. The van der Waals surface area contributed by atoms with Crippen LogP contribution in [-0.2, 0) is 25.0 Å². The van der Waals surface area contributed by atoms with Crippen molar-refractivity contribution >= 4 is 59.7 Å². The Morgan fingerprint density at radius 2 is 1.59 bits per heavy atom. The molecule has 32 heavy (non-hydrogen) atoms. The zero-order chi connectivity index (χ0) is 23.8. The van der Waals surface area contributed by atoms with Crippen LogP contribution in [0.3, 0.4) is 0 Å². The van der Waals surface area contributed by atoms with Crippen molar-refractivity contribution in [3.05, 3.63) is 42.5 Å². The average molecular weight is 479 g/mol. The minimum absolute atomic E-state index is 0.0182. The Kier molecular flexibility index (Phi) is 5.88. The highest BCUT2D eigenvalue weighted by Gasteiger charge is 2.23. The van der Waals surface area contributed by atoms with Crippen LogP contribution >= 0.6 is 0 Å². The monoisotopic (exact) mass is 479 g/mol. The van der Waals surface area contributed by atoms with Crippen molar-refractivity contribution in [1.29, 1.82) is 0 Å². The molecule has 0 aliphatic rings. The van der Waals surface area contributed by atoms with Crippen LogP contribution in [0.15, 0.2) is 62.5 Å². The van der Waals surface area contributed by atoms with Gasteiger partial charge in [-0.15, -0.1) is 10.2 Å². The molecule has 0 saturated heterocycles. The van der Waals surface area contributed by atoms with Gasteiger partial charge < -0.3 is 16.2 Å². The highest BCUT2D eigenvalue weighted by molar-refractivity contribution is 7.86. The van der Waals surface area contributed by atoms with Crippen molar-refractivity contribution < 1.29 is 35.8 Å². The third kappa shape index (κ3) is 4.83. The second-order valence-electron chi connectivity index (χ2n) is 6.52. The van der Waals surface area contributed by atoms with Gasteiger partial charge in [-0.3, -0.25) is 13.9 Å². The number of azo groups is 1. The molecule has 0 aromatic heterocycles. The zero-order valence-electron chi connectivity index (χ0n) is 16.1. The first-order valence-electron chi connectivity index (χ1n) is 8.57. The second-order valence-corrected chi connectivity index (χ2v) is 9.30. The molecule has 3 rings (SSSR count). The number of carbonyl (C=O) groups is 1. The van der Waals surface area contributed by atoms with E-state index in [0.717, 1.165) is 18.2 Å². The molecule has 3 aromatic rings. The van der Waals surface area contributed by atoms with Gasteiger partial charge in [0.25, 0.3) is 20.2 Å². The molecule has 0 saturated carbocycles. The lowest BCUT2D eigenvalue weighted by Crippen LogP contribution is -2.07. The number of benzene rings is 3. The molecule has 1 radical (unpaired) electrons. The van der Waals surface area contributed by atoms with Crippen LogP contribution in [0.4, 0.5) is 22.7 Å². The number of aromatic hydroxyl groups is 1. The maximum absolute atomic E-state index is 11.8. The van der Waals surface area contributed by atoms with E-state index in [4.69, 9.17) is 5.73 Å². The van der Waals surface area contributed by atoms with Crippen LogP contribution in [0.1, 0.15) is 6.92 Å². The first-order chi connectivity index (χ1) is 14.8. The van der Waals surface area contributed by atoms with E-state index in [2.05, 4.69) is 15.5 Å². The van der Waals surface area contributed by atoms with Gasteiger partial charge in [0.2, 0.25) is 5.91 Å². The molecule has 14 heteroatoms. The summed E-state index contributed by atoms with van der Waals surface area (Å²) in [7, 11) is -9.75. The van der Waals surface area contributed by atoms with Crippen molar-refractivity contribution in [3.63, 3.8) is 0 Å². The summed E-state index contributed by atoms with van der Waals surface area (Å²) in [6.45, 7) is 1.18. The fourth-order valence-electron chi connectivity index (χ4n) is 2.83. The van der Waals surface area contributed by atoms with Gasteiger partial charge in [-0.1, -0.05) is 0 Å². The molecule has 0 heterocycles. The number of hydrogen-bond donors (Lipinski definition) is 4. The smallest absolute Gasteiger partial charge is 0.296 e. The first kappa shape index (κ1) is 23.1. The van der Waals surface area contributed by atoms with Crippen LogP contribution in [0.5, 0.6) is 5.75 Å². The van der Waals surface area contributed by atoms with Crippen molar-refractivity contribution in [2.75, 3.05) is 5.32 Å². The van der Waals surface area contributed by atoms with E-state index in [-0.39, 0.29) is 22.1 Å². The van der Waals surface area contributed by atoms with Gasteiger partial charge in [-0.2, -0.15) is 16.8 Å². The topological polar surface area (TPSA) is 207 Å². The number of amides is 1. The summed E-state index contributed by atoms with van der Waals surface area (Å²) in [5.74, 6) is -1.20. The number of carbonyl (C=O) groups excluding carboxylic acids is 1. The van der Waals surface area contributed by atoms with Gasteiger partial charge in [-0.05, 0) is 47.9 Å². The molecule has 12 nitrogen and oxygen atoms in total. The van der Waals surface area contributed by atoms with Crippen molar-refractivity contribution in [2.45, 2.75) is 16.7 Å². The number of phenolic OH excluding ortho intramolecular Hbond substituents is 1. The number of anilines is 1. The van der Waals surface area contributed by atoms with Crippen molar-refractivity contribution in [1.82, 2.24) is 5.73 Å². The zero-order valence-corrected chi connectivity index (χ0v) is 17.8. The summed E-state index contributed by atoms with van der Waals surface area (Å²) in [4.78, 5) is 9.60. The Balaban J connectivity index is 2.23. The predicted molar refractivity (Wildman–Crippen MR) is 113 cm³/mol. The lowest BCUT2D eigenvalue weighted by molar-refractivity contribution is -0.114. The summed E-state index contributed by atoms with van der Waals surface area (Å²) >= 11 is 0. The predicted octanol–water partition coefficient (Wildman–Crippen LogP) is 3.33. The van der Waals surface area contributed by atoms with Crippen LogP contribution in [0, 0.1) is 0 Å². The number of hydrogen-bond acceptors (Lipinski definition) is 8. The van der Waals surface area contributed by atoms with E-state index in [9.17, 15) is 35.8 Å². The highest BCUT2D eigenvalue weighted by atomic mass is 32.2. The molecular weight excluding hydrogens is 464 g/mol. The van der Waals surface area contributed by atoms with Crippen molar-refractivity contribution in [3.8, 4) is 5.75 Å². The van der Waals surface area contributed by atoms with E-state index < -0.39 is 53.1 Å². The standard InChI is InChI=1S/C18H15N4O8S2/c1-9(23)20-12-3-5-14(15(8-12)31(25,26)27)21-22-17-16(32(28,29)30)7-10-6-11(19)2-4-13(10)18(17)24/h2-8,19,24H,1H3,(H,20,23)(H,25,26,27)(H,28,29,30)/b22-21+. The minimum Gasteiger partial charge on any atom is -0.505 e. The minimum atomic E-state index is -4.91. The van der Waals surface area contributed by atoms with Crippen LogP contribution < -0.4 is 11.1 Å². The molecule has 0 fully saturated rings. The molecule has 0 bridgehead atoms. The average Bonchev–Trinajstić information content (AvgIpc) is 2.65. The molecule has 5 N–H and O–H groups in total. The molecule has 167 valence electrons. The first-order valence-corrected chi connectivity index (χ1v) is 11.4. The van der Waals surface area contributed by atoms with E-state index in [1.807, 2.05) is 0 Å². The molecule has 0 spiro atoms. The number of nitrogens with zero attached hydrogens (tertiary/aromatic N) is 2. The summed E-state index contributed by atoms with van der Waals surface area (Å²) in [6.07, 6.45) is 0. The van der Waals surface area contributed by atoms with Gasteiger partial charge in [-0.25, -0.2) is 0 Å². The summed E-state index contributed by atoms with van der Waals surface area (Å²) in [5, 5.41) is 20.3. The molecule has 0 aliphatic heterocycles. The normalized spacial score (nSPS) is 12.3. The van der Waals surface area contributed by atoms with Gasteiger partial charge in [0.05, 0.1) is 5.69 Å². The fourth-order valence-corrected chi connectivity index (χ4v) is 4.14. The van der Waals surface area contributed by atoms with E-state index >= 15 is 0 Å². The Labute approximate surface area is 181 Å². The third-order valence-corrected chi connectivity index (χ3v) is 5.89. The molecule has 3 aromatic carbocycles. The SMILES string of the molecule is CC(=O)Nc1ccc(/N=N/c2c(S(=O)(=O)O)cc3cc([NH])ccc3c2O)c(S(=O)(=O)O)c1. The lowest BCUT2D eigenvalue weighted by Gasteiger charge is -2.10. The quantitative estimate of drug-likeness (QED) is 0.314. The van der Waals surface area contributed by atoms with E-state index in [1.165, 1.54) is 31.2 Å². The number of fused-ring (bicyclic) bond motifs is 1. The van der Waals surface area contributed by atoms with Crippen molar-refractivity contribution in [2.24, 2.45) is 10.2 Å². The molecule has 1 amide bonds. The molecular formula is C18H15N4O8S2. The van der Waals surface area contributed by atoms with Gasteiger partial charge in [0.1, 0.15) is 21.2 Å². The maximum Gasteiger partial charge on any atom is 0.296 e. The lowest BCUT2D eigenvalue weighted by atomic mass is 10.1. The van der Waals surface area contributed by atoms with Crippen LogP contribution in [-0.4, -0.2) is 37.0 Å². The summed E-state index contributed by atoms with van der Waals surface area (Å²) in [5.41, 5.74) is 6.54. The van der Waals surface area contributed by atoms with Gasteiger partial charge >= 0.3 is 0 Å². The van der Waals surface area contributed by atoms with Gasteiger partial charge in [0, 0.05) is 18.0 Å². The fraction of sp³-hybridized carbons (Fsp3) is 0.0556. The highest BCUT2D eigenvalue weighted by Crippen LogP contribution is 2.42. The largest absolute Gasteiger partial charge is 0.505 e. The molecule has 0 aliphatic carbocycles. The summed E-state index contributed by atoms with van der Waals surface area (Å²) in [6, 6.07) is 8.12. The third-order valence-electron chi connectivity index (χ3n) is 4.14. The maximum atomic E-state index is 11.8. The van der Waals surface area contributed by atoms with Crippen LogP contribution in [0.25, 0.3) is 10.8 Å². The Morgan fingerprint density at radius 3 is 2.19 bits per heavy atom. The Bertz CT molecular complexity index is 1500. The number of nitrogens with one attached hydrogen (secondary N) is 2. The molecule has 0 unspecified atom stereocenters. The number of rotatable bonds is 5. The second kappa shape index (κ2) is 8.16.